The van der Waals surface area contributed by atoms with E-state index in [0.717, 1.165) is 31.2 Å². The molecule has 1 unspecified atom stereocenters. The fourth-order valence-electron chi connectivity index (χ4n) is 3.85. The third-order valence-corrected chi connectivity index (χ3v) is 5.11. The second kappa shape index (κ2) is 7.75. The Bertz CT molecular complexity index is 877. The van der Waals surface area contributed by atoms with Crippen molar-refractivity contribution in [1.29, 1.82) is 5.26 Å². The Labute approximate surface area is 159 Å². The molecule has 1 aromatic carbocycles. The van der Waals surface area contributed by atoms with E-state index < -0.39 is 11.9 Å². The molecule has 142 valence electrons. The molecule has 0 radical (unpaired) electrons. The molecule has 0 amide bonds. The van der Waals surface area contributed by atoms with Gasteiger partial charge < -0.3 is 19.9 Å². The second-order valence-corrected chi connectivity index (χ2v) is 6.69. The number of carbonyl (C=O) groups excluding carboxylic acids is 1. The summed E-state index contributed by atoms with van der Waals surface area (Å²) in [5.41, 5.74) is 9.68. The average molecular weight is 368 g/mol. The van der Waals surface area contributed by atoms with Crippen molar-refractivity contribution in [2.45, 2.75) is 45.4 Å². The van der Waals surface area contributed by atoms with Crippen molar-refractivity contribution >= 4 is 5.97 Å². The number of fused-ring (bicyclic) bond motifs is 1. The van der Waals surface area contributed by atoms with Crippen LogP contribution in [0.1, 0.15) is 49.3 Å². The molecule has 1 aliphatic heterocycles. The first kappa shape index (κ1) is 18.8. The third kappa shape index (κ3) is 3.37. The van der Waals surface area contributed by atoms with E-state index in [1.165, 1.54) is 11.1 Å². The monoisotopic (exact) mass is 368 g/mol. The molecular formula is C21H24N2O4. The standard InChI is InChI=1S/C21H24N2O4/c1-4-26-21(24)18-12(2)27-20(23)16(11-22)19(18)15-9-13-7-5-6-8-14(13)10-17(15)25-3/h9-10,19H,4-8,23H2,1-3H3. The van der Waals surface area contributed by atoms with Crippen molar-refractivity contribution in [3.63, 3.8) is 0 Å². The maximum atomic E-state index is 12.7. The summed E-state index contributed by atoms with van der Waals surface area (Å²) in [5.74, 6) is -0.203. The van der Waals surface area contributed by atoms with Crippen molar-refractivity contribution in [2.75, 3.05) is 13.7 Å². The van der Waals surface area contributed by atoms with Crippen LogP contribution in [0, 0.1) is 11.3 Å². The van der Waals surface area contributed by atoms with Crippen molar-refractivity contribution in [3.05, 3.63) is 51.6 Å². The van der Waals surface area contributed by atoms with E-state index in [0.29, 0.717) is 11.5 Å². The highest BCUT2D eigenvalue weighted by atomic mass is 16.5. The van der Waals surface area contributed by atoms with Crippen LogP contribution in [0.15, 0.2) is 34.9 Å². The first-order valence-corrected chi connectivity index (χ1v) is 9.16. The SMILES string of the molecule is CCOC(=O)C1=C(C)OC(N)=C(C#N)C1c1cc2c(cc1OC)CCCC2. The molecule has 1 aliphatic carbocycles. The molecule has 1 atom stereocenters. The summed E-state index contributed by atoms with van der Waals surface area (Å²) in [7, 11) is 1.59. The van der Waals surface area contributed by atoms with Gasteiger partial charge in [-0.25, -0.2) is 4.79 Å². The number of allylic oxidation sites excluding steroid dienone is 2. The summed E-state index contributed by atoms with van der Waals surface area (Å²) in [6.07, 6.45) is 4.24. The number of nitrogens with zero attached hydrogens (tertiary/aromatic N) is 1. The quantitative estimate of drug-likeness (QED) is 0.820. The van der Waals surface area contributed by atoms with Crippen molar-refractivity contribution in [1.82, 2.24) is 0 Å². The third-order valence-electron chi connectivity index (χ3n) is 5.11. The minimum atomic E-state index is -0.676. The van der Waals surface area contributed by atoms with Crippen LogP contribution in [0.5, 0.6) is 5.75 Å². The highest BCUT2D eigenvalue weighted by molar-refractivity contribution is 5.92. The van der Waals surface area contributed by atoms with Crippen LogP contribution in [0.2, 0.25) is 0 Å². The Hall–Kier alpha value is -2.94. The van der Waals surface area contributed by atoms with Crippen LogP contribution in [0.3, 0.4) is 0 Å². The molecule has 6 heteroatoms. The van der Waals surface area contributed by atoms with Gasteiger partial charge in [0.1, 0.15) is 23.2 Å². The van der Waals surface area contributed by atoms with Crippen LogP contribution in [-0.4, -0.2) is 19.7 Å². The Morgan fingerprint density at radius 3 is 2.59 bits per heavy atom. The maximum absolute atomic E-state index is 12.7. The van der Waals surface area contributed by atoms with E-state index >= 15 is 0 Å². The fraction of sp³-hybridized carbons (Fsp3) is 0.429. The van der Waals surface area contributed by atoms with Crippen molar-refractivity contribution < 1.29 is 19.0 Å². The van der Waals surface area contributed by atoms with Crippen LogP contribution in [0.4, 0.5) is 0 Å². The summed E-state index contributed by atoms with van der Waals surface area (Å²) >= 11 is 0. The summed E-state index contributed by atoms with van der Waals surface area (Å²) in [5, 5.41) is 9.73. The van der Waals surface area contributed by atoms with E-state index in [1.807, 2.05) is 12.1 Å². The molecule has 1 heterocycles. The minimum Gasteiger partial charge on any atom is -0.496 e. The van der Waals surface area contributed by atoms with Crippen LogP contribution < -0.4 is 10.5 Å². The van der Waals surface area contributed by atoms with Gasteiger partial charge in [-0.2, -0.15) is 5.26 Å². The van der Waals surface area contributed by atoms with E-state index in [-0.39, 0.29) is 23.6 Å². The zero-order valence-corrected chi connectivity index (χ0v) is 15.9. The fourth-order valence-corrected chi connectivity index (χ4v) is 3.85. The number of nitriles is 1. The number of hydrogen-bond donors (Lipinski definition) is 1. The molecule has 27 heavy (non-hydrogen) atoms. The van der Waals surface area contributed by atoms with Gasteiger partial charge in [-0.05, 0) is 56.7 Å². The van der Waals surface area contributed by atoms with Crippen molar-refractivity contribution in [2.24, 2.45) is 5.73 Å². The molecule has 3 rings (SSSR count). The number of esters is 1. The summed E-state index contributed by atoms with van der Waals surface area (Å²) in [4.78, 5) is 12.7. The molecule has 0 spiro atoms. The minimum absolute atomic E-state index is 0.00724. The van der Waals surface area contributed by atoms with Gasteiger partial charge in [0.15, 0.2) is 0 Å². The average Bonchev–Trinajstić information content (AvgIpc) is 2.66. The van der Waals surface area contributed by atoms with Gasteiger partial charge in [0.25, 0.3) is 0 Å². The lowest BCUT2D eigenvalue weighted by molar-refractivity contribution is -0.139. The Morgan fingerprint density at radius 1 is 1.33 bits per heavy atom. The van der Waals surface area contributed by atoms with Gasteiger partial charge in [-0.3, -0.25) is 0 Å². The first-order valence-electron chi connectivity index (χ1n) is 9.16. The van der Waals surface area contributed by atoms with Gasteiger partial charge in [-0.1, -0.05) is 6.07 Å². The molecule has 0 fully saturated rings. The van der Waals surface area contributed by atoms with Gasteiger partial charge in [0.2, 0.25) is 5.88 Å². The second-order valence-electron chi connectivity index (χ2n) is 6.69. The summed E-state index contributed by atoms with van der Waals surface area (Å²) < 4.78 is 16.3. The number of rotatable bonds is 4. The van der Waals surface area contributed by atoms with Gasteiger partial charge in [0, 0.05) is 5.56 Å². The number of benzene rings is 1. The first-order chi connectivity index (χ1) is 13.0. The van der Waals surface area contributed by atoms with Gasteiger partial charge in [0.05, 0.1) is 25.2 Å². The zero-order valence-electron chi connectivity index (χ0n) is 15.9. The molecule has 1 aromatic rings. The number of methoxy groups -OCH3 is 1. The Kier molecular flexibility index (Phi) is 5.41. The molecule has 0 aromatic heterocycles. The summed E-state index contributed by atoms with van der Waals surface area (Å²) in [6, 6.07) is 6.17. The number of ether oxygens (including phenoxy) is 3. The van der Waals surface area contributed by atoms with Crippen LogP contribution in [-0.2, 0) is 27.1 Å². The highest BCUT2D eigenvalue weighted by Crippen LogP contribution is 2.44. The highest BCUT2D eigenvalue weighted by Gasteiger charge is 2.38. The maximum Gasteiger partial charge on any atom is 0.338 e. The Morgan fingerprint density at radius 2 is 2.00 bits per heavy atom. The van der Waals surface area contributed by atoms with Gasteiger partial charge >= 0.3 is 5.97 Å². The lowest BCUT2D eigenvalue weighted by atomic mass is 9.79. The topological polar surface area (TPSA) is 94.6 Å². The molecule has 0 saturated carbocycles. The molecule has 0 saturated heterocycles. The van der Waals surface area contributed by atoms with Crippen LogP contribution >= 0.6 is 0 Å². The van der Waals surface area contributed by atoms with Gasteiger partial charge in [-0.15, -0.1) is 0 Å². The molecular weight excluding hydrogens is 344 g/mol. The molecule has 2 aliphatic rings. The lowest BCUT2D eigenvalue weighted by Gasteiger charge is -2.29. The lowest BCUT2D eigenvalue weighted by Crippen LogP contribution is -2.26. The molecule has 2 N–H and O–H groups in total. The number of aryl methyl sites for hydroxylation is 2. The largest absolute Gasteiger partial charge is 0.496 e. The number of carbonyl (C=O) groups is 1. The van der Waals surface area contributed by atoms with E-state index in [4.69, 9.17) is 19.9 Å². The van der Waals surface area contributed by atoms with E-state index in [2.05, 4.69) is 6.07 Å². The predicted octanol–water partition coefficient (Wildman–Crippen LogP) is 3.22. The Balaban J connectivity index is 2.22. The normalized spacial score (nSPS) is 19.1. The van der Waals surface area contributed by atoms with Crippen LogP contribution in [0.25, 0.3) is 0 Å². The number of hydrogen-bond acceptors (Lipinski definition) is 6. The van der Waals surface area contributed by atoms with E-state index in [9.17, 15) is 10.1 Å². The molecule has 0 bridgehead atoms. The smallest absolute Gasteiger partial charge is 0.338 e. The number of nitrogens with two attached hydrogens (primary N) is 1. The predicted molar refractivity (Wildman–Crippen MR) is 99.6 cm³/mol. The molecule has 6 nitrogen and oxygen atoms in total. The zero-order chi connectivity index (χ0) is 19.6. The summed E-state index contributed by atoms with van der Waals surface area (Å²) in [6.45, 7) is 3.62. The van der Waals surface area contributed by atoms with E-state index in [1.54, 1.807) is 21.0 Å². The van der Waals surface area contributed by atoms with Crippen molar-refractivity contribution in [3.8, 4) is 11.8 Å².